The van der Waals surface area contributed by atoms with E-state index in [0.29, 0.717) is 34.7 Å². The molecule has 0 aliphatic carbocycles. The molecule has 0 spiro atoms. The topological polar surface area (TPSA) is 77.1 Å². The van der Waals surface area contributed by atoms with E-state index < -0.39 is 40.9 Å². The summed E-state index contributed by atoms with van der Waals surface area (Å²) < 4.78 is 84.7. The number of hydrogen-bond acceptors (Lipinski definition) is 4. The summed E-state index contributed by atoms with van der Waals surface area (Å²) in [6.07, 6.45) is -5.97. The van der Waals surface area contributed by atoms with Crippen LogP contribution in [0.25, 0.3) is 16.9 Å². The first-order chi connectivity index (χ1) is 19.3. The number of carbonyl (C=O) groups is 1. The third-order valence-corrected chi connectivity index (χ3v) is 6.74. The fraction of sp³-hybridized carbons (Fsp3) is 0.185. The zero-order valence-electron chi connectivity index (χ0n) is 21.3. The summed E-state index contributed by atoms with van der Waals surface area (Å²) in [7, 11) is 0. The maximum absolute atomic E-state index is 14.6. The van der Waals surface area contributed by atoms with Crippen LogP contribution >= 0.6 is 11.6 Å². The Morgan fingerprint density at radius 3 is 2.32 bits per heavy atom. The molecular formula is C27H19ClF6N6O. The van der Waals surface area contributed by atoms with Crippen molar-refractivity contribution in [3.05, 3.63) is 99.8 Å². The smallest absolute Gasteiger partial charge is 0.317 e. The average molecular weight is 593 g/mol. The fourth-order valence-corrected chi connectivity index (χ4v) is 4.42. The molecule has 0 radical (unpaired) electrons. The Labute approximate surface area is 233 Å². The van der Waals surface area contributed by atoms with E-state index in [4.69, 9.17) is 11.6 Å². The number of hydrogen-bond donors (Lipinski definition) is 1. The van der Waals surface area contributed by atoms with E-state index in [1.165, 1.54) is 12.1 Å². The molecule has 14 heteroatoms. The number of rotatable bonds is 6. The standard InChI is InChI=1S/C27H19ClF6N6O/c1-14-24(15(2)39(37-14)13-17-5-3-4-6-19(17)28)36-25(41)21-12-23-35-20(16-7-9-18(29)10-8-16)11-22(40(23)38-21)26(30,31)27(32,33)34/h3-12H,13H2,1-2H3,(H,36,41). The minimum Gasteiger partial charge on any atom is -0.317 e. The lowest BCUT2D eigenvalue weighted by molar-refractivity contribution is -0.291. The number of aromatic nitrogens is 5. The van der Waals surface area contributed by atoms with Gasteiger partial charge in [-0.3, -0.25) is 9.48 Å². The highest BCUT2D eigenvalue weighted by Crippen LogP contribution is 2.44. The summed E-state index contributed by atoms with van der Waals surface area (Å²) in [5, 5.41) is 11.3. The maximum Gasteiger partial charge on any atom is 0.459 e. The highest BCUT2D eigenvalue weighted by atomic mass is 35.5. The molecule has 3 heterocycles. The number of anilines is 1. The van der Waals surface area contributed by atoms with Crippen LogP contribution in [0.5, 0.6) is 0 Å². The Bertz CT molecular complexity index is 1780. The third kappa shape index (κ3) is 5.24. The first-order valence-electron chi connectivity index (χ1n) is 12.0. The molecule has 0 unspecified atom stereocenters. The number of aryl methyl sites for hydroxylation is 1. The van der Waals surface area contributed by atoms with Gasteiger partial charge in [0.05, 0.1) is 29.3 Å². The van der Waals surface area contributed by atoms with Gasteiger partial charge in [-0.25, -0.2) is 13.9 Å². The molecule has 0 saturated carbocycles. The fourth-order valence-electron chi connectivity index (χ4n) is 4.22. The zero-order chi connectivity index (χ0) is 29.7. The Morgan fingerprint density at radius 1 is 0.976 bits per heavy atom. The molecule has 0 atom stereocenters. The van der Waals surface area contributed by atoms with E-state index in [9.17, 15) is 31.1 Å². The molecule has 1 N–H and O–H groups in total. The van der Waals surface area contributed by atoms with Gasteiger partial charge < -0.3 is 5.32 Å². The predicted octanol–water partition coefficient (Wildman–Crippen LogP) is 6.96. The Kier molecular flexibility index (Phi) is 7.02. The van der Waals surface area contributed by atoms with Crippen LogP contribution in [-0.2, 0) is 12.5 Å². The van der Waals surface area contributed by atoms with Gasteiger partial charge in [0.1, 0.15) is 11.5 Å². The van der Waals surface area contributed by atoms with Crippen molar-refractivity contribution in [1.82, 2.24) is 24.4 Å². The number of benzene rings is 2. The zero-order valence-corrected chi connectivity index (χ0v) is 22.0. The van der Waals surface area contributed by atoms with Crippen molar-refractivity contribution in [3.63, 3.8) is 0 Å². The van der Waals surface area contributed by atoms with Crippen LogP contribution in [-0.4, -0.2) is 36.5 Å². The first-order valence-corrected chi connectivity index (χ1v) is 12.3. The molecule has 41 heavy (non-hydrogen) atoms. The molecule has 5 aromatic rings. The van der Waals surface area contributed by atoms with Crippen LogP contribution in [0.4, 0.5) is 32.0 Å². The van der Waals surface area contributed by atoms with Gasteiger partial charge in [-0.15, -0.1) is 0 Å². The van der Waals surface area contributed by atoms with Crippen LogP contribution in [0.3, 0.4) is 0 Å². The summed E-state index contributed by atoms with van der Waals surface area (Å²) in [5.41, 5.74) is -0.640. The molecule has 0 aliphatic heterocycles. The Hall–Kier alpha value is -4.39. The third-order valence-electron chi connectivity index (χ3n) is 6.38. The van der Waals surface area contributed by atoms with Crippen LogP contribution in [0.15, 0.2) is 60.7 Å². The van der Waals surface area contributed by atoms with Gasteiger partial charge in [0, 0.05) is 16.7 Å². The number of nitrogens with one attached hydrogen (secondary N) is 1. The monoisotopic (exact) mass is 592 g/mol. The second-order valence-corrected chi connectivity index (χ2v) is 9.56. The SMILES string of the molecule is Cc1nn(Cc2ccccc2Cl)c(C)c1NC(=O)c1cc2nc(-c3ccc(F)cc3)cc(C(F)(F)C(F)(F)F)n2n1. The second-order valence-electron chi connectivity index (χ2n) is 9.15. The predicted molar refractivity (Wildman–Crippen MR) is 139 cm³/mol. The molecule has 5 rings (SSSR count). The number of nitrogens with zero attached hydrogens (tertiary/aromatic N) is 5. The van der Waals surface area contributed by atoms with E-state index >= 15 is 0 Å². The van der Waals surface area contributed by atoms with E-state index in [2.05, 4.69) is 20.5 Å². The van der Waals surface area contributed by atoms with Crippen LogP contribution in [0.2, 0.25) is 5.02 Å². The average Bonchev–Trinajstić information content (AvgIpc) is 3.45. The number of alkyl halides is 5. The molecule has 0 saturated heterocycles. The molecule has 2 aromatic carbocycles. The molecule has 0 fully saturated rings. The lowest BCUT2D eigenvalue weighted by Gasteiger charge is -2.21. The van der Waals surface area contributed by atoms with Gasteiger partial charge in [0.2, 0.25) is 0 Å². The van der Waals surface area contributed by atoms with Crippen molar-refractivity contribution in [2.24, 2.45) is 0 Å². The number of fused-ring (bicyclic) bond motifs is 1. The molecule has 0 aliphatic rings. The normalized spacial score (nSPS) is 12.2. The molecule has 3 aromatic heterocycles. The van der Waals surface area contributed by atoms with Crippen molar-refractivity contribution in [1.29, 1.82) is 0 Å². The number of halogens is 7. The summed E-state index contributed by atoms with van der Waals surface area (Å²) in [5.74, 6) is -6.88. The van der Waals surface area contributed by atoms with Crippen LogP contribution in [0.1, 0.15) is 33.1 Å². The molecule has 0 bridgehead atoms. The molecule has 212 valence electrons. The highest BCUT2D eigenvalue weighted by molar-refractivity contribution is 6.31. The van der Waals surface area contributed by atoms with E-state index in [1.807, 2.05) is 12.1 Å². The summed E-state index contributed by atoms with van der Waals surface area (Å²) in [4.78, 5) is 17.2. The van der Waals surface area contributed by atoms with Crippen molar-refractivity contribution >= 4 is 28.8 Å². The van der Waals surface area contributed by atoms with Crippen LogP contribution in [0, 0.1) is 19.7 Å². The highest BCUT2D eigenvalue weighted by Gasteiger charge is 2.60. The summed E-state index contributed by atoms with van der Waals surface area (Å²) >= 11 is 6.24. The van der Waals surface area contributed by atoms with E-state index in [1.54, 1.807) is 30.7 Å². The van der Waals surface area contributed by atoms with Gasteiger partial charge in [0.25, 0.3) is 5.91 Å². The van der Waals surface area contributed by atoms with Gasteiger partial charge in [-0.1, -0.05) is 29.8 Å². The largest absolute Gasteiger partial charge is 0.459 e. The van der Waals surface area contributed by atoms with Crippen molar-refractivity contribution < 1.29 is 31.1 Å². The van der Waals surface area contributed by atoms with Gasteiger partial charge in [-0.2, -0.15) is 32.1 Å². The van der Waals surface area contributed by atoms with Crippen molar-refractivity contribution in [2.45, 2.75) is 32.5 Å². The van der Waals surface area contributed by atoms with E-state index in [0.717, 1.165) is 23.8 Å². The number of carbonyl (C=O) groups excluding carboxylic acids is 1. The van der Waals surface area contributed by atoms with Crippen LogP contribution < -0.4 is 5.32 Å². The molecule has 1 amide bonds. The quantitative estimate of drug-likeness (QED) is 0.216. The van der Waals surface area contributed by atoms with E-state index in [-0.39, 0.29) is 15.8 Å². The maximum atomic E-state index is 14.6. The minimum absolute atomic E-state index is 0.0810. The molecular weight excluding hydrogens is 574 g/mol. The van der Waals surface area contributed by atoms with Gasteiger partial charge >= 0.3 is 12.1 Å². The lowest BCUT2D eigenvalue weighted by Crippen LogP contribution is -2.36. The second kappa shape index (κ2) is 10.2. The van der Waals surface area contributed by atoms with Crippen molar-refractivity contribution in [3.8, 4) is 11.3 Å². The van der Waals surface area contributed by atoms with Gasteiger partial charge in [0.15, 0.2) is 11.3 Å². The molecule has 7 nitrogen and oxygen atoms in total. The number of amides is 1. The minimum atomic E-state index is -5.97. The first kappa shape index (κ1) is 28.1. The van der Waals surface area contributed by atoms with Crippen molar-refractivity contribution in [2.75, 3.05) is 5.32 Å². The Balaban J connectivity index is 1.53. The lowest BCUT2D eigenvalue weighted by atomic mass is 10.1. The summed E-state index contributed by atoms with van der Waals surface area (Å²) in [6, 6.07) is 13.0. The van der Waals surface area contributed by atoms with Gasteiger partial charge in [-0.05, 0) is 55.8 Å². The Morgan fingerprint density at radius 2 is 1.66 bits per heavy atom. The summed E-state index contributed by atoms with van der Waals surface area (Å²) in [6.45, 7) is 3.62.